The maximum atomic E-state index is 11.7. The predicted octanol–water partition coefficient (Wildman–Crippen LogP) is 2.46. The molecule has 0 unspecified atom stereocenters. The molecule has 0 saturated carbocycles. The van der Waals surface area contributed by atoms with Crippen molar-refractivity contribution in [3.8, 4) is 5.75 Å². The molecule has 1 amide bonds. The normalized spacial score (nSPS) is 13.0. The van der Waals surface area contributed by atoms with Gasteiger partial charge in [0, 0.05) is 17.6 Å². The lowest BCUT2D eigenvalue weighted by Gasteiger charge is -2.07. The summed E-state index contributed by atoms with van der Waals surface area (Å²) in [5.74, 6) is 0.403. The molecule has 3 rings (SSSR count). The van der Waals surface area contributed by atoms with E-state index in [1.807, 2.05) is 0 Å². The van der Waals surface area contributed by atoms with Crippen LogP contribution < -0.4 is 10.1 Å². The summed E-state index contributed by atoms with van der Waals surface area (Å²) in [5, 5.41) is 3.97. The Morgan fingerprint density at radius 3 is 3.06 bits per heavy atom. The van der Waals surface area contributed by atoms with Gasteiger partial charge < -0.3 is 10.1 Å². The number of methoxy groups -OCH3 is 1. The molecule has 5 heteroatoms. The Morgan fingerprint density at radius 1 is 1.50 bits per heavy atom. The zero-order chi connectivity index (χ0) is 11.3. The Labute approximate surface area is 96.2 Å². The standard InChI is InChI=1S/C11H7ClN2O2/c1-16-7-4-6(12)9-8-5(2-3-13-9)11(15)14-10(7)8/h2-4H,1H3,(H,14,15). The molecule has 4 nitrogen and oxygen atoms in total. The van der Waals surface area contributed by atoms with Gasteiger partial charge in [-0.3, -0.25) is 9.78 Å². The number of hydrogen-bond donors (Lipinski definition) is 1. The molecule has 0 bridgehead atoms. The number of hydrogen-bond acceptors (Lipinski definition) is 3. The quantitative estimate of drug-likeness (QED) is 0.825. The second-order valence-corrected chi connectivity index (χ2v) is 3.88. The van der Waals surface area contributed by atoms with Crippen molar-refractivity contribution in [3.05, 3.63) is 28.9 Å². The van der Waals surface area contributed by atoms with Crippen LogP contribution >= 0.6 is 11.6 Å². The molecule has 1 aromatic heterocycles. The highest BCUT2D eigenvalue weighted by Crippen LogP contribution is 2.42. The van der Waals surface area contributed by atoms with Crippen LogP contribution in [0.25, 0.3) is 10.9 Å². The lowest BCUT2D eigenvalue weighted by Crippen LogP contribution is -2.04. The Morgan fingerprint density at radius 2 is 2.31 bits per heavy atom. The van der Waals surface area contributed by atoms with E-state index in [1.165, 1.54) is 7.11 Å². The van der Waals surface area contributed by atoms with Gasteiger partial charge in [-0.15, -0.1) is 0 Å². The fourth-order valence-electron chi connectivity index (χ4n) is 1.93. The molecule has 2 aromatic rings. The Hall–Kier alpha value is -1.81. The molecule has 2 heterocycles. The van der Waals surface area contributed by atoms with Crippen molar-refractivity contribution in [2.45, 2.75) is 0 Å². The van der Waals surface area contributed by atoms with Crippen molar-refractivity contribution in [2.24, 2.45) is 0 Å². The highest BCUT2D eigenvalue weighted by molar-refractivity contribution is 6.38. The summed E-state index contributed by atoms with van der Waals surface area (Å²) in [6.07, 6.45) is 1.57. The first-order valence-corrected chi connectivity index (χ1v) is 5.06. The largest absolute Gasteiger partial charge is 0.494 e. The van der Waals surface area contributed by atoms with Gasteiger partial charge in [-0.1, -0.05) is 11.6 Å². The van der Waals surface area contributed by atoms with Crippen LogP contribution in [0.5, 0.6) is 5.75 Å². The summed E-state index contributed by atoms with van der Waals surface area (Å²) in [7, 11) is 1.54. The van der Waals surface area contributed by atoms with Gasteiger partial charge in [-0.25, -0.2) is 0 Å². The molecular formula is C11H7ClN2O2. The number of aromatic nitrogens is 1. The topological polar surface area (TPSA) is 51.2 Å². The summed E-state index contributed by atoms with van der Waals surface area (Å²) < 4.78 is 5.18. The summed E-state index contributed by atoms with van der Waals surface area (Å²) in [4.78, 5) is 15.9. The van der Waals surface area contributed by atoms with E-state index in [2.05, 4.69) is 10.3 Å². The van der Waals surface area contributed by atoms with Crippen LogP contribution in [0.4, 0.5) is 5.69 Å². The zero-order valence-electron chi connectivity index (χ0n) is 8.37. The van der Waals surface area contributed by atoms with Crippen LogP contribution in [0.3, 0.4) is 0 Å². The van der Waals surface area contributed by atoms with Crippen LogP contribution in [0.15, 0.2) is 18.3 Å². The molecule has 80 valence electrons. The monoisotopic (exact) mass is 234 g/mol. The van der Waals surface area contributed by atoms with Gasteiger partial charge >= 0.3 is 0 Å². The van der Waals surface area contributed by atoms with Gasteiger partial charge in [0.25, 0.3) is 5.91 Å². The van der Waals surface area contributed by atoms with Gasteiger partial charge in [-0.05, 0) is 6.07 Å². The van der Waals surface area contributed by atoms with E-state index in [1.54, 1.807) is 18.3 Å². The predicted molar refractivity (Wildman–Crippen MR) is 61.3 cm³/mol. The van der Waals surface area contributed by atoms with Crippen molar-refractivity contribution in [2.75, 3.05) is 12.4 Å². The molecule has 0 spiro atoms. The number of carbonyl (C=O) groups excluding carboxylic acids is 1. The van der Waals surface area contributed by atoms with Crippen molar-refractivity contribution >= 4 is 34.1 Å². The molecule has 0 radical (unpaired) electrons. The first kappa shape index (κ1) is 9.42. The van der Waals surface area contributed by atoms with Crippen molar-refractivity contribution in [3.63, 3.8) is 0 Å². The smallest absolute Gasteiger partial charge is 0.256 e. The summed E-state index contributed by atoms with van der Waals surface area (Å²) in [6.45, 7) is 0. The van der Waals surface area contributed by atoms with E-state index in [0.29, 0.717) is 27.5 Å². The minimum absolute atomic E-state index is 0.150. The second kappa shape index (κ2) is 3.09. The molecule has 16 heavy (non-hydrogen) atoms. The highest BCUT2D eigenvalue weighted by Gasteiger charge is 2.26. The number of ether oxygens (including phenoxy) is 1. The second-order valence-electron chi connectivity index (χ2n) is 3.47. The SMILES string of the molecule is COc1cc(Cl)c2nccc3c2c1NC3=O. The first-order chi connectivity index (χ1) is 7.72. The van der Waals surface area contributed by atoms with E-state index < -0.39 is 0 Å². The average Bonchev–Trinajstić information content (AvgIpc) is 2.63. The first-order valence-electron chi connectivity index (χ1n) is 4.69. The zero-order valence-corrected chi connectivity index (χ0v) is 9.13. The molecule has 0 saturated heterocycles. The van der Waals surface area contributed by atoms with E-state index in [-0.39, 0.29) is 5.91 Å². The minimum atomic E-state index is -0.150. The summed E-state index contributed by atoms with van der Waals surface area (Å²) in [6, 6.07) is 3.32. The lowest BCUT2D eigenvalue weighted by atomic mass is 10.1. The number of benzene rings is 1. The van der Waals surface area contributed by atoms with Crippen molar-refractivity contribution < 1.29 is 9.53 Å². The third-order valence-corrected chi connectivity index (χ3v) is 2.92. The maximum Gasteiger partial charge on any atom is 0.256 e. The van der Waals surface area contributed by atoms with E-state index in [9.17, 15) is 4.79 Å². The Bertz CT molecular complexity index is 625. The van der Waals surface area contributed by atoms with Crippen LogP contribution in [0.2, 0.25) is 5.02 Å². The highest BCUT2D eigenvalue weighted by atomic mass is 35.5. The Kier molecular flexibility index (Phi) is 1.82. The Balaban J connectivity index is 2.53. The average molecular weight is 235 g/mol. The van der Waals surface area contributed by atoms with Crippen LogP contribution in [0, 0.1) is 0 Å². The number of rotatable bonds is 1. The third-order valence-electron chi connectivity index (χ3n) is 2.63. The fourth-order valence-corrected chi connectivity index (χ4v) is 2.17. The number of amides is 1. The lowest BCUT2D eigenvalue weighted by molar-refractivity contribution is 0.103. The van der Waals surface area contributed by atoms with Gasteiger partial charge in [0.2, 0.25) is 0 Å². The third kappa shape index (κ3) is 1.05. The molecule has 1 aromatic carbocycles. The van der Waals surface area contributed by atoms with E-state index >= 15 is 0 Å². The molecule has 0 aliphatic carbocycles. The van der Waals surface area contributed by atoms with Crippen LogP contribution in [0.1, 0.15) is 10.4 Å². The van der Waals surface area contributed by atoms with Crippen LogP contribution in [-0.4, -0.2) is 18.0 Å². The molecule has 1 aliphatic rings. The van der Waals surface area contributed by atoms with Crippen molar-refractivity contribution in [1.82, 2.24) is 4.98 Å². The number of nitrogens with zero attached hydrogens (tertiary/aromatic N) is 1. The number of halogens is 1. The van der Waals surface area contributed by atoms with E-state index in [0.717, 1.165) is 5.39 Å². The van der Waals surface area contributed by atoms with E-state index in [4.69, 9.17) is 16.3 Å². The molecule has 1 N–H and O–H groups in total. The van der Waals surface area contributed by atoms with Gasteiger partial charge in [-0.2, -0.15) is 0 Å². The molecule has 0 fully saturated rings. The summed E-state index contributed by atoms with van der Waals surface area (Å²) in [5.41, 5.74) is 1.85. The van der Waals surface area contributed by atoms with Gasteiger partial charge in [0.1, 0.15) is 5.75 Å². The number of pyridine rings is 1. The minimum Gasteiger partial charge on any atom is -0.494 e. The maximum absolute atomic E-state index is 11.7. The van der Waals surface area contributed by atoms with Gasteiger partial charge in [0.15, 0.2) is 0 Å². The number of nitrogens with one attached hydrogen (secondary N) is 1. The number of carbonyl (C=O) groups is 1. The van der Waals surface area contributed by atoms with Crippen molar-refractivity contribution in [1.29, 1.82) is 0 Å². The molecule has 0 atom stereocenters. The molecule has 1 aliphatic heterocycles. The van der Waals surface area contributed by atoms with Crippen LogP contribution in [-0.2, 0) is 0 Å². The number of anilines is 1. The summed E-state index contributed by atoms with van der Waals surface area (Å²) >= 11 is 6.08. The van der Waals surface area contributed by atoms with Gasteiger partial charge in [0.05, 0.1) is 28.9 Å². The fraction of sp³-hybridized carbons (Fsp3) is 0.0909. The molecular weight excluding hydrogens is 228 g/mol.